The molecular formula is C8H12BrN3. The van der Waals surface area contributed by atoms with E-state index in [9.17, 15) is 0 Å². The van der Waals surface area contributed by atoms with Crippen molar-refractivity contribution in [3.8, 4) is 0 Å². The average Bonchev–Trinajstić information content (AvgIpc) is 2.59. The molecule has 0 radical (unpaired) electrons. The molecule has 4 heteroatoms. The first-order valence-corrected chi connectivity index (χ1v) is 4.92. The van der Waals surface area contributed by atoms with Crippen molar-refractivity contribution in [2.75, 3.05) is 13.1 Å². The molecule has 1 N–H and O–H groups in total. The number of hydrogen-bond acceptors (Lipinski definition) is 2. The lowest BCUT2D eigenvalue weighted by atomic mass is 10.0. The molecule has 1 aromatic heterocycles. The first-order chi connectivity index (χ1) is 5.71. The minimum atomic E-state index is 0.173. The van der Waals surface area contributed by atoms with Gasteiger partial charge in [0.1, 0.15) is 4.60 Å². The summed E-state index contributed by atoms with van der Waals surface area (Å²) in [6.45, 7) is 4.33. The monoisotopic (exact) mass is 229 g/mol. The molecule has 1 unspecified atom stereocenters. The van der Waals surface area contributed by atoms with E-state index in [4.69, 9.17) is 0 Å². The number of aromatic nitrogens is 2. The molecule has 0 saturated carbocycles. The van der Waals surface area contributed by atoms with Crippen LogP contribution in [0.5, 0.6) is 0 Å². The molecule has 12 heavy (non-hydrogen) atoms. The minimum absolute atomic E-state index is 0.173. The Labute approximate surface area is 80.3 Å². The number of hydrogen-bond donors (Lipinski definition) is 1. The number of halogens is 1. The van der Waals surface area contributed by atoms with E-state index in [-0.39, 0.29) is 5.54 Å². The fraction of sp³-hybridized carbons (Fsp3) is 0.625. The summed E-state index contributed by atoms with van der Waals surface area (Å²) in [7, 11) is 0. The molecule has 2 heterocycles. The van der Waals surface area contributed by atoms with Crippen molar-refractivity contribution >= 4 is 15.9 Å². The molecule has 0 bridgehead atoms. The third-order valence-corrected chi connectivity index (χ3v) is 2.88. The Kier molecular flexibility index (Phi) is 1.96. The summed E-state index contributed by atoms with van der Waals surface area (Å²) < 4.78 is 2.95. The van der Waals surface area contributed by atoms with Crippen molar-refractivity contribution < 1.29 is 0 Å². The Morgan fingerprint density at radius 1 is 1.75 bits per heavy atom. The second kappa shape index (κ2) is 2.85. The van der Waals surface area contributed by atoms with Gasteiger partial charge in [-0.25, -0.2) is 0 Å². The Hall–Kier alpha value is -0.350. The standard InChI is InChI=1S/C8H12BrN3/c1-8(3-4-10-6-8)12-5-2-7(9)11-12/h2,5,10H,3-4,6H2,1H3. The molecule has 0 aromatic carbocycles. The van der Waals surface area contributed by atoms with Gasteiger partial charge in [-0.1, -0.05) is 0 Å². The van der Waals surface area contributed by atoms with Crippen LogP contribution in [-0.4, -0.2) is 22.9 Å². The topological polar surface area (TPSA) is 29.9 Å². The maximum Gasteiger partial charge on any atom is 0.128 e. The van der Waals surface area contributed by atoms with Gasteiger partial charge in [-0.2, -0.15) is 5.10 Å². The first kappa shape index (κ1) is 8.26. The molecule has 1 aliphatic heterocycles. The van der Waals surface area contributed by atoms with Crippen molar-refractivity contribution in [3.63, 3.8) is 0 Å². The largest absolute Gasteiger partial charge is 0.314 e. The highest BCUT2D eigenvalue weighted by Gasteiger charge is 2.30. The first-order valence-electron chi connectivity index (χ1n) is 4.13. The Bertz CT molecular complexity index is 276. The summed E-state index contributed by atoms with van der Waals surface area (Å²) in [5.41, 5.74) is 0.173. The minimum Gasteiger partial charge on any atom is -0.314 e. The molecule has 0 amide bonds. The van der Waals surface area contributed by atoms with Crippen LogP contribution in [0.4, 0.5) is 0 Å². The van der Waals surface area contributed by atoms with Gasteiger partial charge in [0.15, 0.2) is 0 Å². The molecule has 2 rings (SSSR count). The second-order valence-corrected chi connectivity index (χ2v) is 4.32. The zero-order valence-corrected chi connectivity index (χ0v) is 8.63. The third kappa shape index (κ3) is 1.29. The van der Waals surface area contributed by atoms with Crippen molar-refractivity contribution in [1.29, 1.82) is 0 Å². The maximum absolute atomic E-state index is 4.36. The van der Waals surface area contributed by atoms with Crippen LogP contribution in [0.2, 0.25) is 0 Å². The van der Waals surface area contributed by atoms with Crippen molar-refractivity contribution in [1.82, 2.24) is 15.1 Å². The smallest absolute Gasteiger partial charge is 0.128 e. The van der Waals surface area contributed by atoms with Crippen LogP contribution in [0.1, 0.15) is 13.3 Å². The molecule has 1 atom stereocenters. The van der Waals surface area contributed by atoms with Gasteiger partial charge in [0.25, 0.3) is 0 Å². The Morgan fingerprint density at radius 2 is 2.58 bits per heavy atom. The van der Waals surface area contributed by atoms with Gasteiger partial charge in [0.2, 0.25) is 0 Å². The summed E-state index contributed by atoms with van der Waals surface area (Å²) in [5.74, 6) is 0. The lowest BCUT2D eigenvalue weighted by Gasteiger charge is -2.23. The Balaban J connectivity index is 2.28. The Morgan fingerprint density at radius 3 is 3.08 bits per heavy atom. The third-order valence-electron chi connectivity index (χ3n) is 2.46. The maximum atomic E-state index is 4.36. The predicted octanol–water partition coefficient (Wildman–Crippen LogP) is 1.35. The number of rotatable bonds is 1. The van der Waals surface area contributed by atoms with Crippen LogP contribution in [0.15, 0.2) is 16.9 Å². The highest BCUT2D eigenvalue weighted by molar-refractivity contribution is 9.10. The molecular weight excluding hydrogens is 218 g/mol. The molecule has 0 aliphatic carbocycles. The fourth-order valence-corrected chi connectivity index (χ4v) is 1.89. The van der Waals surface area contributed by atoms with E-state index in [1.54, 1.807) is 0 Å². The summed E-state index contributed by atoms with van der Waals surface area (Å²) in [4.78, 5) is 0. The van der Waals surface area contributed by atoms with Crippen LogP contribution in [0, 0.1) is 0 Å². The van der Waals surface area contributed by atoms with Crippen molar-refractivity contribution in [2.45, 2.75) is 18.9 Å². The van der Waals surface area contributed by atoms with E-state index < -0.39 is 0 Å². The van der Waals surface area contributed by atoms with Crippen LogP contribution in [0.3, 0.4) is 0 Å². The lowest BCUT2D eigenvalue weighted by molar-refractivity contribution is 0.317. The van der Waals surface area contributed by atoms with E-state index in [1.165, 1.54) is 0 Å². The molecule has 1 saturated heterocycles. The van der Waals surface area contributed by atoms with E-state index in [0.29, 0.717) is 0 Å². The lowest BCUT2D eigenvalue weighted by Crippen LogP contribution is -2.32. The van der Waals surface area contributed by atoms with Crippen LogP contribution >= 0.6 is 15.9 Å². The van der Waals surface area contributed by atoms with E-state index in [2.05, 4.69) is 33.3 Å². The van der Waals surface area contributed by atoms with Crippen molar-refractivity contribution in [3.05, 3.63) is 16.9 Å². The fourth-order valence-electron chi connectivity index (χ4n) is 1.60. The van der Waals surface area contributed by atoms with Gasteiger partial charge < -0.3 is 5.32 Å². The van der Waals surface area contributed by atoms with Crippen LogP contribution in [-0.2, 0) is 5.54 Å². The molecule has 0 spiro atoms. The zero-order chi connectivity index (χ0) is 8.60. The number of nitrogens with one attached hydrogen (secondary N) is 1. The second-order valence-electron chi connectivity index (χ2n) is 3.51. The van der Waals surface area contributed by atoms with Crippen LogP contribution < -0.4 is 5.32 Å². The average molecular weight is 230 g/mol. The molecule has 1 aromatic rings. The van der Waals surface area contributed by atoms with Crippen molar-refractivity contribution in [2.24, 2.45) is 0 Å². The van der Waals surface area contributed by atoms with E-state index in [1.807, 2.05) is 16.9 Å². The number of nitrogens with zero attached hydrogens (tertiary/aromatic N) is 2. The van der Waals surface area contributed by atoms with Gasteiger partial charge in [0.05, 0.1) is 5.54 Å². The van der Waals surface area contributed by atoms with E-state index in [0.717, 1.165) is 24.1 Å². The highest BCUT2D eigenvalue weighted by Crippen LogP contribution is 2.23. The quantitative estimate of drug-likeness (QED) is 0.789. The summed E-state index contributed by atoms with van der Waals surface area (Å²) >= 11 is 3.35. The SMILES string of the molecule is CC1(n2ccc(Br)n2)CCNC1. The highest BCUT2D eigenvalue weighted by atomic mass is 79.9. The zero-order valence-electron chi connectivity index (χ0n) is 7.05. The van der Waals surface area contributed by atoms with E-state index >= 15 is 0 Å². The summed E-state index contributed by atoms with van der Waals surface area (Å²) in [6.07, 6.45) is 3.18. The summed E-state index contributed by atoms with van der Waals surface area (Å²) in [5, 5.41) is 7.70. The van der Waals surface area contributed by atoms with Gasteiger partial charge >= 0.3 is 0 Å². The molecule has 66 valence electrons. The van der Waals surface area contributed by atoms with Gasteiger partial charge in [-0.3, -0.25) is 4.68 Å². The summed E-state index contributed by atoms with van der Waals surface area (Å²) in [6, 6.07) is 1.98. The van der Waals surface area contributed by atoms with Gasteiger partial charge in [-0.15, -0.1) is 0 Å². The normalized spacial score (nSPS) is 29.5. The van der Waals surface area contributed by atoms with Gasteiger partial charge in [0, 0.05) is 12.7 Å². The molecule has 3 nitrogen and oxygen atoms in total. The van der Waals surface area contributed by atoms with Crippen LogP contribution in [0.25, 0.3) is 0 Å². The predicted molar refractivity (Wildman–Crippen MR) is 51.1 cm³/mol. The molecule has 1 fully saturated rings. The molecule has 1 aliphatic rings. The van der Waals surface area contributed by atoms with Gasteiger partial charge in [-0.05, 0) is 41.9 Å².